The van der Waals surface area contributed by atoms with Gasteiger partial charge in [0.1, 0.15) is 0 Å². The zero-order valence-electron chi connectivity index (χ0n) is 12.4. The van der Waals surface area contributed by atoms with Gasteiger partial charge in [-0.05, 0) is 26.7 Å². The molecule has 0 radical (unpaired) electrons. The number of nitrogens with zero attached hydrogens (tertiary/aromatic N) is 1. The van der Waals surface area contributed by atoms with Gasteiger partial charge >= 0.3 is 0 Å². The maximum absolute atomic E-state index is 6.50. The van der Waals surface area contributed by atoms with Crippen molar-refractivity contribution >= 4 is 11.3 Å². The first-order valence-electron chi connectivity index (χ1n) is 7.31. The summed E-state index contributed by atoms with van der Waals surface area (Å²) in [5.74, 6) is 0. The molecule has 1 aliphatic carbocycles. The van der Waals surface area contributed by atoms with Gasteiger partial charge in [-0.25, -0.2) is 4.98 Å². The van der Waals surface area contributed by atoms with Gasteiger partial charge in [0.25, 0.3) is 0 Å². The lowest BCUT2D eigenvalue weighted by atomic mass is 9.85. The van der Waals surface area contributed by atoms with Gasteiger partial charge in [-0.3, -0.25) is 0 Å². The van der Waals surface area contributed by atoms with Gasteiger partial charge in [0.2, 0.25) is 0 Å². The maximum Gasteiger partial charge on any atom is 0.0947 e. The molecule has 4 heteroatoms. The smallest absolute Gasteiger partial charge is 0.0947 e. The van der Waals surface area contributed by atoms with E-state index in [1.165, 1.54) is 30.6 Å². The third-order valence-electron chi connectivity index (χ3n) is 4.50. The van der Waals surface area contributed by atoms with Gasteiger partial charge in [-0.2, -0.15) is 0 Å². The lowest BCUT2D eigenvalue weighted by molar-refractivity contribution is -0.0430. The molecule has 1 heterocycles. The predicted octanol–water partition coefficient (Wildman–Crippen LogP) is 3.37. The number of hydrogen-bond donors (Lipinski definition) is 1. The third kappa shape index (κ3) is 3.36. The molecule has 2 rings (SSSR count). The number of methoxy groups -OCH3 is 1. The van der Waals surface area contributed by atoms with Gasteiger partial charge in [0.15, 0.2) is 0 Å². The second-order valence-corrected chi connectivity index (χ2v) is 7.03. The molecule has 108 valence electrons. The predicted molar refractivity (Wildman–Crippen MR) is 80.7 cm³/mol. The molecule has 0 aromatic carbocycles. The Hall–Kier alpha value is -0.450. The molecular weight excluding hydrogens is 256 g/mol. The van der Waals surface area contributed by atoms with Crippen molar-refractivity contribution in [3.8, 4) is 0 Å². The van der Waals surface area contributed by atoms with Crippen LogP contribution >= 0.6 is 11.3 Å². The fraction of sp³-hybridized carbons (Fsp3) is 0.800. The molecule has 0 saturated heterocycles. The highest BCUT2D eigenvalue weighted by molar-refractivity contribution is 7.11. The van der Waals surface area contributed by atoms with Gasteiger partial charge in [0, 0.05) is 24.4 Å². The zero-order chi connectivity index (χ0) is 13.9. The van der Waals surface area contributed by atoms with Crippen molar-refractivity contribution in [1.82, 2.24) is 4.98 Å². The van der Waals surface area contributed by atoms with Gasteiger partial charge < -0.3 is 10.5 Å². The molecule has 19 heavy (non-hydrogen) atoms. The summed E-state index contributed by atoms with van der Waals surface area (Å²) in [5.41, 5.74) is 7.50. The number of aromatic nitrogens is 1. The van der Waals surface area contributed by atoms with Crippen LogP contribution < -0.4 is 5.73 Å². The highest BCUT2D eigenvalue weighted by Crippen LogP contribution is 2.34. The van der Waals surface area contributed by atoms with E-state index in [0.717, 1.165) is 30.0 Å². The van der Waals surface area contributed by atoms with E-state index in [2.05, 4.69) is 18.8 Å². The Morgan fingerprint density at radius 3 is 2.37 bits per heavy atom. The molecule has 2 N–H and O–H groups in total. The van der Waals surface area contributed by atoms with Gasteiger partial charge in [-0.1, -0.05) is 25.7 Å². The van der Waals surface area contributed by atoms with Gasteiger partial charge in [-0.15, -0.1) is 11.3 Å². The molecule has 1 unspecified atom stereocenters. The molecule has 1 aliphatic rings. The minimum Gasteiger partial charge on any atom is -0.377 e. The molecule has 0 amide bonds. The second-order valence-electron chi connectivity index (χ2n) is 5.74. The third-order valence-corrected chi connectivity index (χ3v) is 5.59. The average Bonchev–Trinajstić information content (AvgIpc) is 2.60. The van der Waals surface area contributed by atoms with E-state index in [0.29, 0.717) is 0 Å². The number of aryl methyl sites for hydroxylation is 2. The summed E-state index contributed by atoms with van der Waals surface area (Å²) < 4.78 is 5.88. The van der Waals surface area contributed by atoms with Crippen LogP contribution in [0.3, 0.4) is 0 Å². The van der Waals surface area contributed by atoms with E-state index in [9.17, 15) is 0 Å². The van der Waals surface area contributed by atoms with Crippen molar-refractivity contribution in [3.63, 3.8) is 0 Å². The zero-order valence-corrected chi connectivity index (χ0v) is 13.2. The van der Waals surface area contributed by atoms with Crippen LogP contribution in [0.4, 0.5) is 0 Å². The Kier molecular flexibility index (Phi) is 4.98. The molecule has 1 aromatic heterocycles. The fourth-order valence-corrected chi connectivity index (χ4v) is 4.05. The summed E-state index contributed by atoms with van der Waals surface area (Å²) >= 11 is 1.77. The van der Waals surface area contributed by atoms with E-state index >= 15 is 0 Å². The van der Waals surface area contributed by atoms with Crippen molar-refractivity contribution in [2.75, 3.05) is 7.11 Å². The monoisotopic (exact) mass is 282 g/mol. The summed E-state index contributed by atoms with van der Waals surface area (Å²) in [5, 5.41) is 1.16. The van der Waals surface area contributed by atoms with Crippen LogP contribution in [0.15, 0.2) is 0 Å². The molecular formula is C15H26N2OS. The van der Waals surface area contributed by atoms with Crippen LogP contribution in [0.1, 0.15) is 54.1 Å². The first kappa shape index (κ1) is 14.9. The highest BCUT2D eigenvalue weighted by atomic mass is 32.1. The van der Waals surface area contributed by atoms with E-state index in [1.54, 1.807) is 11.3 Å². The molecule has 0 aliphatic heterocycles. The number of nitrogens with two attached hydrogens (primary N) is 1. The minimum atomic E-state index is -0.135. The van der Waals surface area contributed by atoms with Crippen LogP contribution in [0, 0.1) is 13.8 Å². The standard InChI is InChI=1S/C15H26N2OS/c1-11-12(2)19-14(17-11)10-13(16)15(18-3)8-6-4-5-7-9-15/h13H,4-10,16H2,1-3H3. The summed E-state index contributed by atoms with van der Waals surface area (Å²) in [7, 11) is 1.82. The second kappa shape index (κ2) is 6.33. The van der Waals surface area contributed by atoms with Crippen LogP contribution in [0.2, 0.25) is 0 Å². The fourth-order valence-electron chi connectivity index (χ4n) is 3.05. The van der Waals surface area contributed by atoms with Crippen molar-refractivity contribution in [1.29, 1.82) is 0 Å². The minimum absolute atomic E-state index is 0.0561. The lowest BCUT2D eigenvalue weighted by Crippen LogP contribution is -2.50. The summed E-state index contributed by atoms with van der Waals surface area (Å²) in [6.07, 6.45) is 8.12. The molecule has 0 spiro atoms. The number of ether oxygens (including phenoxy) is 1. The van der Waals surface area contributed by atoms with E-state index in [1.807, 2.05) is 7.11 Å². The molecule has 1 saturated carbocycles. The summed E-state index contributed by atoms with van der Waals surface area (Å²) in [6.45, 7) is 4.19. The number of thiazole rings is 1. The largest absolute Gasteiger partial charge is 0.377 e. The van der Waals surface area contributed by atoms with E-state index in [4.69, 9.17) is 10.5 Å². The van der Waals surface area contributed by atoms with Crippen molar-refractivity contribution < 1.29 is 4.74 Å². The SMILES string of the molecule is COC1(C(N)Cc2nc(C)c(C)s2)CCCCCC1. The van der Waals surface area contributed by atoms with Crippen LogP contribution in [-0.4, -0.2) is 23.7 Å². The Balaban J connectivity index is 2.09. The molecule has 3 nitrogen and oxygen atoms in total. The first-order chi connectivity index (χ1) is 9.07. The molecule has 0 bridgehead atoms. The molecule has 1 atom stereocenters. The van der Waals surface area contributed by atoms with Crippen LogP contribution in [-0.2, 0) is 11.2 Å². The summed E-state index contributed by atoms with van der Waals surface area (Å²) in [4.78, 5) is 5.92. The first-order valence-corrected chi connectivity index (χ1v) is 8.13. The quantitative estimate of drug-likeness (QED) is 0.861. The normalized spacial score (nSPS) is 21.1. The highest BCUT2D eigenvalue weighted by Gasteiger charge is 2.37. The van der Waals surface area contributed by atoms with Gasteiger partial charge in [0.05, 0.1) is 16.3 Å². The Morgan fingerprint density at radius 1 is 1.26 bits per heavy atom. The van der Waals surface area contributed by atoms with E-state index < -0.39 is 0 Å². The average molecular weight is 282 g/mol. The van der Waals surface area contributed by atoms with Crippen molar-refractivity contribution in [2.45, 2.75) is 70.4 Å². The lowest BCUT2D eigenvalue weighted by Gasteiger charge is -2.37. The Labute approximate surface area is 120 Å². The maximum atomic E-state index is 6.50. The summed E-state index contributed by atoms with van der Waals surface area (Å²) in [6, 6.07) is 0.0561. The van der Waals surface area contributed by atoms with E-state index in [-0.39, 0.29) is 11.6 Å². The number of rotatable bonds is 4. The Bertz CT molecular complexity index is 389. The van der Waals surface area contributed by atoms with Crippen LogP contribution in [0.5, 0.6) is 0 Å². The van der Waals surface area contributed by atoms with Crippen molar-refractivity contribution in [3.05, 3.63) is 15.6 Å². The number of hydrogen-bond acceptors (Lipinski definition) is 4. The topological polar surface area (TPSA) is 48.1 Å². The van der Waals surface area contributed by atoms with Crippen LogP contribution in [0.25, 0.3) is 0 Å². The Morgan fingerprint density at radius 2 is 1.89 bits per heavy atom. The van der Waals surface area contributed by atoms with Crippen molar-refractivity contribution in [2.24, 2.45) is 5.73 Å². The molecule has 1 fully saturated rings. The molecule has 1 aromatic rings.